The minimum Gasteiger partial charge on any atom is -0.194 e. The van der Waals surface area contributed by atoms with Crippen molar-refractivity contribution in [3.05, 3.63) is 0 Å². The summed E-state index contributed by atoms with van der Waals surface area (Å²) in [6.07, 6.45) is 0. The van der Waals surface area contributed by atoms with Crippen LogP contribution >= 0.6 is 0 Å². The Labute approximate surface area is 51.8 Å². The molecule has 0 fully saturated rings. The summed E-state index contributed by atoms with van der Waals surface area (Å²) in [6, 6.07) is 5.12. The van der Waals surface area contributed by atoms with Crippen molar-refractivity contribution in [3.8, 4) is 24.3 Å². The van der Waals surface area contributed by atoms with Crippen LogP contribution in [0.4, 0.5) is 0 Å². The molecule has 0 amide bonds. The smallest absolute Gasteiger partial charge is 0.194 e. The molecule has 0 aliphatic heterocycles. The van der Waals surface area contributed by atoms with Crippen molar-refractivity contribution >= 4 is 0 Å². The van der Waals surface area contributed by atoms with Crippen LogP contribution in [-0.2, 0) is 0 Å². The summed E-state index contributed by atoms with van der Waals surface area (Å²) in [4.78, 5) is 0. The Balaban J connectivity index is 4.84. The van der Waals surface area contributed by atoms with E-state index in [9.17, 15) is 0 Å². The lowest BCUT2D eigenvalue weighted by Gasteiger charge is -1.89. The molecule has 40 valence electrons. The summed E-state index contributed by atoms with van der Waals surface area (Å²) in [5.74, 6) is 0. The first-order chi connectivity index (χ1) is 4.24. The fraction of sp³-hybridized carbons (Fsp3) is 0.200. The van der Waals surface area contributed by atoms with Crippen LogP contribution in [0.15, 0.2) is 0 Å². The minimum atomic E-state index is -2.11. The van der Waals surface area contributed by atoms with E-state index in [-0.39, 0.29) is 0 Å². The van der Waals surface area contributed by atoms with E-state index in [1.54, 1.807) is 0 Å². The van der Waals surface area contributed by atoms with Gasteiger partial charge in [-0.15, -0.1) is 0 Å². The van der Waals surface area contributed by atoms with Crippen LogP contribution in [0.2, 0.25) is 0 Å². The van der Waals surface area contributed by atoms with Gasteiger partial charge in [-0.2, -0.15) is 21.0 Å². The first-order valence-electron chi connectivity index (χ1n) is 1.89. The highest BCUT2D eigenvalue weighted by Crippen LogP contribution is 2.09. The van der Waals surface area contributed by atoms with E-state index < -0.39 is 5.41 Å². The molecule has 0 saturated carbocycles. The molecule has 0 aromatic rings. The lowest BCUT2D eigenvalue weighted by molar-refractivity contribution is 0.893. The molecule has 9 heavy (non-hydrogen) atoms. The van der Waals surface area contributed by atoms with Gasteiger partial charge in [-0.3, -0.25) is 0 Å². The molecule has 0 aliphatic rings. The summed E-state index contributed by atoms with van der Waals surface area (Å²) < 4.78 is 0. The summed E-state index contributed by atoms with van der Waals surface area (Å²) >= 11 is 0. The largest absolute Gasteiger partial charge is 0.312 e. The van der Waals surface area contributed by atoms with Crippen LogP contribution in [0, 0.1) is 50.7 Å². The van der Waals surface area contributed by atoms with Crippen LogP contribution in [0.3, 0.4) is 0 Å². The Morgan fingerprint density at radius 1 is 0.667 bits per heavy atom. The Morgan fingerprint density at radius 3 is 0.889 bits per heavy atom. The minimum absolute atomic E-state index is 1.28. The van der Waals surface area contributed by atoms with E-state index in [1.165, 1.54) is 24.3 Å². The van der Waals surface area contributed by atoms with Crippen molar-refractivity contribution in [2.75, 3.05) is 0 Å². The molecule has 0 aromatic carbocycles. The van der Waals surface area contributed by atoms with Crippen molar-refractivity contribution in [2.24, 2.45) is 5.41 Å². The quantitative estimate of drug-likeness (QED) is 0.447. The van der Waals surface area contributed by atoms with Gasteiger partial charge in [0.15, 0.2) is 0 Å². The lowest BCUT2D eigenvalue weighted by atomic mass is 9.97. The number of hydrogen-bond donors (Lipinski definition) is 0. The summed E-state index contributed by atoms with van der Waals surface area (Å²) in [7, 11) is 0. The first kappa shape index (κ1) is 6.96. The van der Waals surface area contributed by atoms with Gasteiger partial charge >= 0.3 is 5.41 Å². The van der Waals surface area contributed by atoms with Crippen LogP contribution in [0.25, 0.3) is 0 Å². The summed E-state index contributed by atoms with van der Waals surface area (Å²) in [5.41, 5.74) is -2.11. The Morgan fingerprint density at radius 2 is 0.889 bits per heavy atom. The van der Waals surface area contributed by atoms with Gasteiger partial charge in [0.1, 0.15) is 24.3 Å². The first-order valence-corrected chi connectivity index (χ1v) is 1.89. The molecular formula is C5N4. The van der Waals surface area contributed by atoms with Crippen LogP contribution < -0.4 is 0 Å². The average Bonchev–Trinajstić information content (AvgIpc) is 1.95. The van der Waals surface area contributed by atoms with E-state index in [1.807, 2.05) is 0 Å². The van der Waals surface area contributed by atoms with Crippen LogP contribution in [0.5, 0.6) is 0 Å². The van der Waals surface area contributed by atoms with E-state index in [4.69, 9.17) is 21.0 Å². The van der Waals surface area contributed by atoms with Gasteiger partial charge in [-0.1, -0.05) is 0 Å². The van der Waals surface area contributed by atoms with Gasteiger partial charge in [-0.05, 0) is 0 Å². The monoisotopic (exact) mass is 116 g/mol. The third-order valence-corrected chi connectivity index (χ3v) is 0.671. The molecule has 0 unspecified atom stereocenters. The molecule has 0 radical (unpaired) electrons. The Hall–Kier alpha value is -2.04. The fourth-order valence-corrected chi connectivity index (χ4v) is 0.150. The van der Waals surface area contributed by atoms with Crippen LogP contribution in [0.1, 0.15) is 0 Å². The summed E-state index contributed by atoms with van der Waals surface area (Å²) in [6.45, 7) is 0. The molecule has 4 nitrogen and oxygen atoms in total. The van der Waals surface area contributed by atoms with Crippen molar-refractivity contribution in [3.63, 3.8) is 0 Å². The van der Waals surface area contributed by atoms with Gasteiger partial charge in [0, 0.05) is 0 Å². The molecule has 0 atom stereocenters. The zero-order valence-electron chi connectivity index (χ0n) is 4.29. The van der Waals surface area contributed by atoms with Crippen molar-refractivity contribution in [1.29, 1.82) is 21.0 Å². The zero-order chi connectivity index (χ0) is 7.33. The predicted octanol–water partition coefficient (Wildman–Crippen LogP) is 0.0671. The lowest BCUT2D eigenvalue weighted by Crippen LogP contribution is -2.08. The molecule has 0 spiro atoms. The standard InChI is InChI=1S/C5N4/c6-1-5(2-7,3-8)4-9. The molecule has 0 aliphatic carbocycles. The highest BCUT2D eigenvalue weighted by atomic mass is 14.4. The van der Waals surface area contributed by atoms with Gasteiger partial charge in [0.25, 0.3) is 0 Å². The molecule has 4 heteroatoms. The van der Waals surface area contributed by atoms with E-state index in [0.29, 0.717) is 0 Å². The second-order valence-corrected chi connectivity index (χ2v) is 1.20. The molecule has 0 N–H and O–H groups in total. The van der Waals surface area contributed by atoms with E-state index >= 15 is 0 Å². The molecule has 0 rings (SSSR count). The van der Waals surface area contributed by atoms with Crippen molar-refractivity contribution in [2.45, 2.75) is 0 Å². The van der Waals surface area contributed by atoms with Gasteiger partial charge < -0.3 is 0 Å². The van der Waals surface area contributed by atoms with Crippen LogP contribution in [-0.4, -0.2) is 0 Å². The maximum absolute atomic E-state index is 8.06. The number of nitriles is 4. The molecule has 0 aromatic heterocycles. The number of hydrogen-bond acceptors (Lipinski definition) is 4. The highest BCUT2D eigenvalue weighted by Gasteiger charge is 2.28. The van der Waals surface area contributed by atoms with Gasteiger partial charge in [0.05, 0.1) is 0 Å². The Bertz CT molecular complexity index is 202. The molecule has 0 saturated heterocycles. The third kappa shape index (κ3) is 0.942. The zero-order valence-corrected chi connectivity index (χ0v) is 4.29. The fourth-order valence-electron chi connectivity index (χ4n) is 0.150. The predicted molar refractivity (Wildman–Crippen MR) is 24.9 cm³/mol. The normalized spacial score (nSPS) is 7.56. The maximum Gasteiger partial charge on any atom is 0.312 e. The van der Waals surface area contributed by atoms with Gasteiger partial charge in [0.2, 0.25) is 0 Å². The van der Waals surface area contributed by atoms with E-state index in [2.05, 4.69) is 0 Å². The SMILES string of the molecule is N#CC(C#N)(C#N)C#N. The summed E-state index contributed by atoms with van der Waals surface area (Å²) in [5, 5.41) is 32.2. The molecule has 0 heterocycles. The second kappa shape index (κ2) is 2.31. The van der Waals surface area contributed by atoms with E-state index in [0.717, 1.165) is 0 Å². The molecular weight excluding hydrogens is 116 g/mol. The maximum atomic E-state index is 8.06. The molecule has 0 bridgehead atoms. The second-order valence-electron chi connectivity index (χ2n) is 1.20. The third-order valence-electron chi connectivity index (χ3n) is 0.671. The van der Waals surface area contributed by atoms with Crippen molar-refractivity contribution in [1.82, 2.24) is 0 Å². The topological polar surface area (TPSA) is 95.2 Å². The van der Waals surface area contributed by atoms with Crippen molar-refractivity contribution < 1.29 is 0 Å². The van der Waals surface area contributed by atoms with Gasteiger partial charge in [-0.25, -0.2) is 0 Å². The Kier molecular flexibility index (Phi) is 1.79. The highest BCUT2D eigenvalue weighted by molar-refractivity contribution is 5.35. The number of nitrogens with zero attached hydrogens (tertiary/aromatic N) is 4. The number of rotatable bonds is 0. The average molecular weight is 116 g/mol.